The lowest BCUT2D eigenvalue weighted by Gasteiger charge is -2.36. The number of nitrogens with zero attached hydrogens (tertiary/aromatic N) is 2. The third-order valence-corrected chi connectivity index (χ3v) is 5.54. The molecule has 5 nitrogen and oxygen atoms in total. The number of rotatable bonds is 9. The molecule has 1 fully saturated rings. The van der Waals surface area contributed by atoms with Gasteiger partial charge in [-0.05, 0) is 56.9 Å². The number of hydrogen-bond donors (Lipinski definition) is 0. The maximum atomic E-state index is 11.7. The fourth-order valence-corrected chi connectivity index (χ4v) is 3.99. The van der Waals surface area contributed by atoms with Crippen LogP contribution in [0.1, 0.15) is 68.1 Å². The number of benzene rings is 1. The van der Waals surface area contributed by atoms with E-state index in [1.54, 1.807) is 13.0 Å². The summed E-state index contributed by atoms with van der Waals surface area (Å²) >= 11 is 6.07. The highest BCUT2D eigenvalue weighted by molar-refractivity contribution is 6.30. The molecule has 0 atom stereocenters. The average Bonchev–Trinajstić information content (AvgIpc) is 3.19. The monoisotopic (exact) mass is 404 g/mol. The zero-order valence-corrected chi connectivity index (χ0v) is 17.3. The molecule has 152 valence electrons. The molecule has 0 aliphatic heterocycles. The van der Waals surface area contributed by atoms with E-state index in [-0.39, 0.29) is 5.69 Å². The Bertz CT molecular complexity index is 738. The zero-order valence-electron chi connectivity index (χ0n) is 16.5. The summed E-state index contributed by atoms with van der Waals surface area (Å²) in [7, 11) is 0. The molecule has 2 aromatic rings. The molecule has 3 rings (SSSR count). The first-order chi connectivity index (χ1) is 13.7. The van der Waals surface area contributed by atoms with Gasteiger partial charge in [-0.15, -0.1) is 0 Å². The van der Waals surface area contributed by atoms with Crippen molar-refractivity contribution in [2.45, 2.75) is 64.3 Å². The first kappa shape index (κ1) is 20.7. The van der Waals surface area contributed by atoms with Crippen molar-refractivity contribution in [3.05, 3.63) is 46.8 Å². The van der Waals surface area contributed by atoms with E-state index in [4.69, 9.17) is 20.9 Å². The lowest BCUT2D eigenvalue weighted by atomic mass is 9.93. The highest BCUT2D eigenvalue weighted by Gasteiger charge is 2.21. The van der Waals surface area contributed by atoms with E-state index in [0.717, 1.165) is 36.6 Å². The number of hydrogen-bond acceptors (Lipinski definition) is 5. The van der Waals surface area contributed by atoms with Crippen molar-refractivity contribution in [1.82, 2.24) is 5.16 Å². The molecule has 0 bridgehead atoms. The molecule has 1 aromatic heterocycles. The summed E-state index contributed by atoms with van der Waals surface area (Å²) in [5.74, 6) is 0.308. The Labute approximate surface area is 172 Å². The molecule has 1 heterocycles. The SMILES string of the molecule is CCOC(=O)c1cc(CCCCN(c2ccc(Cl)cc2)C2CCCCC2)on1. The number of aryl methyl sites for hydroxylation is 1. The molecule has 0 unspecified atom stereocenters. The number of ether oxygens (including phenoxy) is 1. The maximum Gasteiger partial charge on any atom is 0.360 e. The molecule has 1 aliphatic carbocycles. The second-order valence-corrected chi connectivity index (χ2v) is 7.75. The lowest BCUT2D eigenvalue weighted by molar-refractivity contribution is 0.0514. The van der Waals surface area contributed by atoms with Gasteiger partial charge in [0.1, 0.15) is 5.76 Å². The summed E-state index contributed by atoms with van der Waals surface area (Å²) in [6.07, 6.45) is 9.28. The van der Waals surface area contributed by atoms with E-state index in [2.05, 4.69) is 22.2 Å². The number of carbonyl (C=O) groups excluding carboxylic acids is 1. The summed E-state index contributed by atoms with van der Waals surface area (Å²) in [5, 5.41) is 4.58. The molecule has 0 N–H and O–H groups in total. The Kier molecular flexibility index (Phi) is 7.78. The predicted molar refractivity (Wildman–Crippen MR) is 111 cm³/mol. The predicted octanol–water partition coefficient (Wildman–Crippen LogP) is 5.67. The Balaban J connectivity index is 1.53. The third kappa shape index (κ3) is 5.74. The van der Waals surface area contributed by atoms with Gasteiger partial charge in [0, 0.05) is 35.8 Å². The van der Waals surface area contributed by atoms with Crippen molar-refractivity contribution in [2.75, 3.05) is 18.1 Å². The second-order valence-electron chi connectivity index (χ2n) is 7.32. The van der Waals surface area contributed by atoms with Crippen LogP contribution in [0.5, 0.6) is 0 Å². The van der Waals surface area contributed by atoms with Crippen LogP contribution in [0.2, 0.25) is 5.02 Å². The Morgan fingerprint density at radius 1 is 1.21 bits per heavy atom. The Morgan fingerprint density at radius 3 is 2.68 bits per heavy atom. The summed E-state index contributed by atoms with van der Waals surface area (Å²) < 4.78 is 10.2. The van der Waals surface area contributed by atoms with Crippen molar-refractivity contribution in [3.63, 3.8) is 0 Å². The van der Waals surface area contributed by atoms with Crippen molar-refractivity contribution >= 4 is 23.3 Å². The summed E-state index contributed by atoms with van der Waals surface area (Å²) in [6, 6.07) is 10.5. The normalized spacial score (nSPS) is 14.8. The van der Waals surface area contributed by atoms with Gasteiger partial charge in [-0.25, -0.2) is 4.79 Å². The van der Waals surface area contributed by atoms with Gasteiger partial charge in [0.25, 0.3) is 0 Å². The van der Waals surface area contributed by atoms with Crippen molar-refractivity contribution in [1.29, 1.82) is 0 Å². The molecular weight excluding hydrogens is 376 g/mol. The van der Waals surface area contributed by atoms with Crippen LogP contribution in [0, 0.1) is 0 Å². The third-order valence-electron chi connectivity index (χ3n) is 5.29. The van der Waals surface area contributed by atoms with E-state index in [1.807, 2.05) is 12.1 Å². The second kappa shape index (κ2) is 10.5. The molecular formula is C22H29ClN2O3. The quantitative estimate of drug-likeness (QED) is 0.398. The number of esters is 1. The van der Waals surface area contributed by atoms with Crippen LogP contribution in [0.25, 0.3) is 0 Å². The van der Waals surface area contributed by atoms with E-state index in [0.29, 0.717) is 12.6 Å². The standard InChI is InChI=1S/C22H29ClN2O3/c1-2-27-22(26)21-16-20(28-24-21)10-6-7-15-25(18-8-4-3-5-9-18)19-13-11-17(23)12-14-19/h11-14,16,18H,2-10,15H2,1H3. The minimum Gasteiger partial charge on any atom is -0.461 e. The van der Waals surface area contributed by atoms with Gasteiger partial charge in [-0.2, -0.15) is 0 Å². The molecule has 1 aliphatic rings. The minimum atomic E-state index is -0.427. The van der Waals surface area contributed by atoms with Crippen LogP contribution in [-0.4, -0.2) is 30.3 Å². The van der Waals surface area contributed by atoms with Crippen molar-refractivity contribution in [3.8, 4) is 0 Å². The maximum absolute atomic E-state index is 11.7. The molecule has 1 saturated carbocycles. The average molecular weight is 405 g/mol. The van der Waals surface area contributed by atoms with Crippen LogP contribution in [0.4, 0.5) is 5.69 Å². The number of unbranched alkanes of at least 4 members (excludes halogenated alkanes) is 1. The van der Waals surface area contributed by atoms with Crippen LogP contribution < -0.4 is 4.90 Å². The lowest BCUT2D eigenvalue weighted by Crippen LogP contribution is -2.37. The fourth-order valence-electron chi connectivity index (χ4n) is 3.86. The number of halogens is 1. The highest BCUT2D eigenvalue weighted by Crippen LogP contribution is 2.28. The van der Waals surface area contributed by atoms with E-state index in [9.17, 15) is 4.79 Å². The Morgan fingerprint density at radius 2 is 1.96 bits per heavy atom. The van der Waals surface area contributed by atoms with Crippen LogP contribution in [0.3, 0.4) is 0 Å². The number of anilines is 1. The number of carbonyl (C=O) groups is 1. The fraction of sp³-hybridized carbons (Fsp3) is 0.545. The molecule has 6 heteroatoms. The first-order valence-corrected chi connectivity index (χ1v) is 10.7. The van der Waals surface area contributed by atoms with Gasteiger partial charge < -0.3 is 14.2 Å². The minimum absolute atomic E-state index is 0.252. The highest BCUT2D eigenvalue weighted by atomic mass is 35.5. The Hall–Kier alpha value is -2.01. The van der Waals surface area contributed by atoms with Gasteiger partial charge in [0.05, 0.1) is 6.61 Å². The molecule has 0 amide bonds. The van der Waals surface area contributed by atoms with Crippen molar-refractivity contribution in [2.24, 2.45) is 0 Å². The van der Waals surface area contributed by atoms with Gasteiger partial charge in [0.15, 0.2) is 5.69 Å². The largest absolute Gasteiger partial charge is 0.461 e. The summed E-state index contributed by atoms with van der Waals surface area (Å²) in [6.45, 7) is 3.12. The van der Waals surface area contributed by atoms with E-state index >= 15 is 0 Å². The molecule has 0 spiro atoms. The van der Waals surface area contributed by atoms with E-state index < -0.39 is 5.97 Å². The van der Waals surface area contributed by atoms with E-state index in [1.165, 1.54) is 37.8 Å². The molecule has 1 aromatic carbocycles. The summed E-state index contributed by atoms with van der Waals surface area (Å²) in [5.41, 5.74) is 1.50. The zero-order chi connectivity index (χ0) is 19.8. The van der Waals surface area contributed by atoms with Gasteiger partial charge >= 0.3 is 5.97 Å². The smallest absolute Gasteiger partial charge is 0.360 e. The van der Waals surface area contributed by atoms with Crippen LogP contribution >= 0.6 is 11.6 Å². The van der Waals surface area contributed by atoms with Gasteiger partial charge in [0.2, 0.25) is 0 Å². The van der Waals surface area contributed by atoms with Gasteiger partial charge in [-0.1, -0.05) is 36.0 Å². The molecule has 0 saturated heterocycles. The van der Waals surface area contributed by atoms with Crippen LogP contribution in [-0.2, 0) is 11.2 Å². The van der Waals surface area contributed by atoms with Crippen molar-refractivity contribution < 1.29 is 14.1 Å². The molecule has 0 radical (unpaired) electrons. The van der Waals surface area contributed by atoms with Crippen LogP contribution in [0.15, 0.2) is 34.9 Å². The summed E-state index contributed by atoms with van der Waals surface area (Å²) in [4.78, 5) is 14.2. The topological polar surface area (TPSA) is 55.6 Å². The molecule has 28 heavy (non-hydrogen) atoms. The number of aromatic nitrogens is 1. The van der Waals surface area contributed by atoms with Gasteiger partial charge in [-0.3, -0.25) is 0 Å². The first-order valence-electron chi connectivity index (χ1n) is 10.3.